The third-order valence-electron chi connectivity index (χ3n) is 2.97. The largest absolute Gasteiger partial charge is 0.454 e. The maximum Gasteiger partial charge on any atom is 0.256 e. The number of amides is 1. The van der Waals surface area contributed by atoms with Gasteiger partial charge >= 0.3 is 0 Å². The minimum absolute atomic E-state index is 0.180. The van der Waals surface area contributed by atoms with Crippen molar-refractivity contribution in [2.75, 3.05) is 17.8 Å². The molecule has 0 radical (unpaired) electrons. The standard InChI is InChI=1S/C14H13N3O3/c1-8-4-10(15)6-16-13(8)17-14(18)9-2-3-11-12(5-9)20-7-19-11/h2-6H,7,15H2,1H3,(H,16,17,18). The van der Waals surface area contributed by atoms with Crippen molar-refractivity contribution >= 4 is 17.4 Å². The van der Waals surface area contributed by atoms with Gasteiger partial charge in [0.05, 0.1) is 11.9 Å². The Morgan fingerprint density at radius 1 is 1.30 bits per heavy atom. The van der Waals surface area contributed by atoms with E-state index in [1.54, 1.807) is 24.3 Å². The molecule has 1 aromatic heterocycles. The lowest BCUT2D eigenvalue weighted by Gasteiger charge is -2.08. The highest BCUT2D eigenvalue weighted by molar-refractivity contribution is 6.04. The van der Waals surface area contributed by atoms with Crippen LogP contribution in [0.2, 0.25) is 0 Å². The van der Waals surface area contributed by atoms with Crippen LogP contribution in [0, 0.1) is 6.92 Å². The van der Waals surface area contributed by atoms with E-state index in [4.69, 9.17) is 15.2 Å². The number of benzene rings is 1. The number of aryl methyl sites for hydroxylation is 1. The number of nitrogens with zero attached hydrogens (tertiary/aromatic N) is 1. The van der Waals surface area contributed by atoms with Gasteiger partial charge in [-0.05, 0) is 36.8 Å². The van der Waals surface area contributed by atoms with E-state index in [1.165, 1.54) is 6.20 Å². The Kier molecular flexibility index (Phi) is 2.90. The molecular formula is C14H13N3O3. The van der Waals surface area contributed by atoms with Crippen LogP contribution < -0.4 is 20.5 Å². The number of hydrogen-bond donors (Lipinski definition) is 2. The molecule has 1 aliphatic rings. The van der Waals surface area contributed by atoms with E-state index in [0.29, 0.717) is 28.6 Å². The molecular weight excluding hydrogens is 258 g/mol. The number of rotatable bonds is 2. The second-order valence-corrected chi connectivity index (χ2v) is 4.46. The first kappa shape index (κ1) is 12.3. The molecule has 3 rings (SSSR count). The van der Waals surface area contributed by atoms with Crippen LogP contribution in [0.25, 0.3) is 0 Å². The van der Waals surface area contributed by atoms with Gasteiger partial charge in [0.15, 0.2) is 11.5 Å². The van der Waals surface area contributed by atoms with Gasteiger partial charge in [-0.15, -0.1) is 0 Å². The summed E-state index contributed by atoms with van der Waals surface area (Å²) in [5.74, 6) is 1.44. The Bertz CT molecular complexity index is 685. The summed E-state index contributed by atoms with van der Waals surface area (Å²) in [5, 5.41) is 2.74. The molecule has 2 heterocycles. The van der Waals surface area contributed by atoms with E-state index in [-0.39, 0.29) is 12.7 Å². The molecule has 0 bridgehead atoms. The third kappa shape index (κ3) is 2.23. The summed E-state index contributed by atoms with van der Waals surface area (Å²) in [6.45, 7) is 2.01. The number of aromatic nitrogens is 1. The summed E-state index contributed by atoms with van der Waals surface area (Å²) < 4.78 is 10.4. The second-order valence-electron chi connectivity index (χ2n) is 4.46. The highest BCUT2D eigenvalue weighted by Gasteiger charge is 2.16. The molecule has 3 N–H and O–H groups in total. The van der Waals surface area contributed by atoms with E-state index in [9.17, 15) is 4.79 Å². The Hall–Kier alpha value is -2.76. The predicted octanol–water partition coefficient (Wildman–Crippen LogP) is 1.95. The van der Waals surface area contributed by atoms with Crippen LogP contribution in [-0.4, -0.2) is 17.7 Å². The minimum atomic E-state index is -0.260. The quantitative estimate of drug-likeness (QED) is 0.871. The SMILES string of the molecule is Cc1cc(N)cnc1NC(=O)c1ccc2c(c1)OCO2. The fraction of sp³-hybridized carbons (Fsp3) is 0.143. The predicted molar refractivity (Wildman–Crippen MR) is 73.9 cm³/mol. The third-order valence-corrected chi connectivity index (χ3v) is 2.97. The van der Waals surface area contributed by atoms with Crippen molar-refractivity contribution in [2.45, 2.75) is 6.92 Å². The zero-order valence-corrected chi connectivity index (χ0v) is 10.8. The van der Waals surface area contributed by atoms with Crippen LogP contribution >= 0.6 is 0 Å². The molecule has 1 aromatic carbocycles. The zero-order valence-electron chi connectivity index (χ0n) is 10.8. The first-order valence-electron chi connectivity index (χ1n) is 6.06. The van der Waals surface area contributed by atoms with Gasteiger partial charge in [-0.2, -0.15) is 0 Å². The van der Waals surface area contributed by atoms with E-state index >= 15 is 0 Å². The Morgan fingerprint density at radius 3 is 2.90 bits per heavy atom. The second kappa shape index (κ2) is 4.73. The number of nitrogens with one attached hydrogen (secondary N) is 1. The molecule has 1 aliphatic heterocycles. The van der Waals surface area contributed by atoms with E-state index in [0.717, 1.165) is 5.56 Å². The average molecular weight is 271 g/mol. The van der Waals surface area contributed by atoms with Gasteiger partial charge in [-0.25, -0.2) is 4.98 Å². The van der Waals surface area contributed by atoms with Crippen molar-refractivity contribution in [2.24, 2.45) is 0 Å². The van der Waals surface area contributed by atoms with Gasteiger partial charge in [0.25, 0.3) is 5.91 Å². The lowest BCUT2D eigenvalue weighted by atomic mass is 10.2. The number of carbonyl (C=O) groups excluding carboxylic acids is 1. The molecule has 0 unspecified atom stereocenters. The number of hydrogen-bond acceptors (Lipinski definition) is 5. The lowest BCUT2D eigenvalue weighted by molar-refractivity contribution is 0.102. The molecule has 6 heteroatoms. The van der Waals surface area contributed by atoms with Gasteiger partial charge in [0, 0.05) is 5.56 Å². The summed E-state index contributed by atoms with van der Waals surface area (Å²) in [7, 11) is 0. The van der Waals surface area contributed by atoms with Crippen LogP contribution in [0.4, 0.5) is 11.5 Å². The maximum absolute atomic E-state index is 12.2. The van der Waals surface area contributed by atoms with Gasteiger partial charge in [-0.1, -0.05) is 0 Å². The number of nitrogens with two attached hydrogens (primary N) is 1. The Balaban J connectivity index is 1.82. The number of ether oxygens (including phenoxy) is 2. The van der Waals surface area contributed by atoms with Crippen molar-refractivity contribution in [3.63, 3.8) is 0 Å². The van der Waals surface area contributed by atoms with Gasteiger partial charge in [0.2, 0.25) is 6.79 Å². The number of fused-ring (bicyclic) bond motifs is 1. The Labute approximate surface area is 115 Å². The number of anilines is 2. The topological polar surface area (TPSA) is 86.5 Å². The molecule has 20 heavy (non-hydrogen) atoms. The number of carbonyl (C=O) groups is 1. The van der Waals surface area contributed by atoms with Gasteiger partial charge < -0.3 is 20.5 Å². The van der Waals surface area contributed by atoms with Gasteiger partial charge in [-0.3, -0.25) is 4.79 Å². The van der Waals surface area contributed by atoms with Crippen molar-refractivity contribution in [3.8, 4) is 11.5 Å². The zero-order chi connectivity index (χ0) is 14.1. The first-order chi connectivity index (χ1) is 9.63. The minimum Gasteiger partial charge on any atom is -0.454 e. The van der Waals surface area contributed by atoms with Crippen LogP contribution in [0.3, 0.4) is 0 Å². The fourth-order valence-corrected chi connectivity index (χ4v) is 1.94. The number of nitrogen functional groups attached to an aromatic ring is 1. The van der Waals surface area contributed by atoms with E-state index < -0.39 is 0 Å². The van der Waals surface area contributed by atoms with Crippen LogP contribution in [-0.2, 0) is 0 Å². The number of pyridine rings is 1. The summed E-state index contributed by atoms with van der Waals surface area (Å²) in [6.07, 6.45) is 1.50. The maximum atomic E-state index is 12.2. The molecule has 102 valence electrons. The smallest absolute Gasteiger partial charge is 0.256 e. The molecule has 0 spiro atoms. The summed E-state index contributed by atoms with van der Waals surface area (Å²) >= 11 is 0. The molecule has 1 amide bonds. The summed E-state index contributed by atoms with van der Waals surface area (Å²) in [4.78, 5) is 16.3. The van der Waals surface area contributed by atoms with Crippen molar-refractivity contribution < 1.29 is 14.3 Å². The normalized spacial score (nSPS) is 12.2. The van der Waals surface area contributed by atoms with Gasteiger partial charge in [0.1, 0.15) is 5.82 Å². The van der Waals surface area contributed by atoms with Crippen molar-refractivity contribution in [1.82, 2.24) is 4.98 Å². The van der Waals surface area contributed by atoms with E-state index in [2.05, 4.69) is 10.3 Å². The first-order valence-corrected chi connectivity index (χ1v) is 6.06. The molecule has 0 aliphatic carbocycles. The Morgan fingerprint density at radius 2 is 2.10 bits per heavy atom. The van der Waals surface area contributed by atoms with Crippen molar-refractivity contribution in [3.05, 3.63) is 41.6 Å². The monoisotopic (exact) mass is 271 g/mol. The van der Waals surface area contributed by atoms with Crippen LogP contribution in [0.1, 0.15) is 15.9 Å². The molecule has 6 nitrogen and oxygen atoms in total. The molecule has 0 saturated carbocycles. The van der Waals surface area contributed by atoms with E-state index in [1.807, 2.05) is 6.92 Å². The lowest BCUT2D eigenvalue weighted by Crippen LogP contribution is -2.14. The highest BCUT2D eigenvalue weighted by atomic mass is 16.7. The molecule has 0 atom stereocenters. The molecule has 2 aromatic rings. The fourth-order valence-electron chi connectivity index (χ4n) is 1.94. The summed E-state index contributed by atoms with van der Waals surface area (Å²) in [5.41, 5.74) is 7.47. The highest BCUT2D eigenvalue weighted by Crippen LogP contribution is 2.32. The van der Waals surface area contributed by atoms with Crippen LogP contribution in [0.5, 0.6) is 11.5 Å². The molecule has 0 fully saturated rings. The van der Waals surface area contributed by atoms with Crippen molar-refractivity contribution in [1.29, 1.82) is 0 Å². The average Bonchev–Trinajstić information content (AvgIpc) is 2.89. The van der Waals surface area contributed by atoms with Crippen LogP contribution in [0.15, 0.2) is 30.5 Å². The summed E-state index contributed by atoms with van der Waals surface area (Å²) in [6, 6.07) is 6.78. The molecule has 0 saturated heterocycles.